The fraction of sp³-hybridized carbons (Fsp3) is 0.387. The molecule has 0 saturated carbocycles. The Labute approximate surface area is 260 Å². The summed E-state index contributed by atoms with van der Waals surface area (Å²) in [5, 5.41) is 15.6. The number of guanidine groups is 1. The van der Waals surface area contributed by atoms with Gasteiger partial charge in [-0.15, -0.1) is 5.10 Å². The summed E-state index contributed by atoms with van der Waals surface area (Å²) in [5.41, 5.74) is 1.93. The average Bonchev–Trinajstić information content (AvgIpc) is 2.91. The van der Waals surface area contributed by atoms with Crippen molar-refractivity contribution in [3.8, 4) is 11.1 Å². The number of hydrogen-bond acceptors (Lipinski definition) is 4. The van der Waals surface area contributed by atoms with E-state index in [1.54, 1.807) is 32.0 Å². The number of nitrogens with two attached hydrogens (primary N) is 2. The Kier molecular flexibility index (Phi) is 10.6. The molecule has 46 heavy (non-hydrogen) atoms. The molecule has 15 heteroatoms. The molecular formula is C31H34F9N5O. The van der Waals surface area contributed by atoms with Crippen LogP contribution in [-0.4, -0.2) is 28.1 Å². The zero-order chi connectivity index (χ0) is 34.8. The molecule has 0 radical (unpaired) electrons. The van der Waals surface area contributed by atoms with Crippen LogP contribution in [0.15, 0.2) is 59.7 Å². The van der Waals surface area contributed by atoms with Gasteiger partial charge in [0, 0.05) is 20.1 Å². The first-order valence-electron chi connectivity index (χ1n) is 13.9. The summed E-state index contributed by atoms with van der Waals surface area (Å²) >= 11 is 0. The first-order valence-corrected chi connectivity index (χ1v) is 13.9. The predicted molar refractivity (Wildman–Crippen MR) is 155 cm³/mol. The maximum absolute atomic E-state index is 13.9. The van der Waals surface area contributed by atoms with Gasteiger partial charge in [0.1, 0.15) is 0 Å². The molecule has 0 amide bonds. The zero-order valence-electron chi connectivity index (χ0n) is 25.4. The van der Waals surface area contributed by atoms with Crippen molar-refractivity contribution in [2.45, 2.75) is 70.8 Å². The molecule has 0 heterocycles. The van der Waals surface area contributed by atoms with Gasteiger partial charge in [-0.2, -0.15) is 39.5 Å². The monoisotopic (exact) mass is 663 g/mol. The molecule has 6 nitrogen and oxygen atoms in total. The highest BCUT2D eigenvalue weighted by atomic mass is 19.4. The maximum Gasteiger partial charge on any atom is 0.416 e. The Balaban J connectivity index is 2.25. The van der Waals surface area contributed by atoms with Gasteiger partial charge in [-0.3, -0.25) is 0 Å². The third-order valence-electron chi connectivity index (χ3n) is 7.29. The molecule has 0 aliphatic carbocycles. The summed E-state index contributed by atoms with van der Waals surface area (Å²) in [6.45, 7) is 3.93. The van der Waals surface area contributed by atoms with Gasteiger partial charge in [-0.25, -0.2) is 11.0 Å². The Hall–Kier alpha value is -3.98. The van der Waals surface area contributed by atoms with Crippen molar-refractivity contribution in [2.75, 3.05) is 7.05 Å². The number of hydrogen-bond donors (Lipinski definition) is 3. The molecule has 1 unspecified atom stereocenters. The van der Waals surface area contributed by atoms with Crippen LogP contribution >= 0.6 is 0 Å². The Bertz CT molecular complexity index is 1530. The van der Waals surface area contributed by atoms with Crippen LogP contribution in [0.1, 0.15) is 65.6 Å². The highest BCUT2D eigenvalue weighted by molar-refractivity contribution is 5.79. The molecule has 0 spiro atoms. The van der Waals surface area contributed by atoms with Crippen LogP contribution < -0.4 is 11.6 Å². The summed E-state index contributed by atoms with van der Waals surface area (Å²) in [5.74, 6) is 5.06. The molecule has 0 bridgehead atoms. The predicted octanol–water partition coefficient (Wildman–Crippen LogP) is 7.76. The maximum atomic E-state index is 13.9. The normalized spacial score (nSPS) is 14.3. The van der Waals surface area contributed by atoms with Gasteiger partial charge < -0.3 is 15.7 Å². The van der Waals surface area contributed by atoms with Crippen LogP contribution in [0.2, 0.25) is 0 Å². The van der Waals surface area contributed by atoms with Crippen molar-refractivity contribution < 1.29 is 44.6 Å². The Morgan fingerprint density at radius 2 is 1.30 bits per heavy atom. The smallest absolute Gasteiger partial charge is 0.385 e. The van der Waals surface area contributed by atoms with Gasteiger partial charge >= 0.3 is 18.5 Å². The third kappa shape index (κ3) is 9.06. The molecule has 1 atom stereocenters. The van der Waals surface area contributed by atoms with E-state index in [-0.39, 0.29) is 17.2 Å². The topological polar surface area (TPSA) is 91.1 Å². The molecule has 3 aromatic carbocycles. The summed E-state index contributed by atoms with van der Waals surface area (Å²) in [7, 11) is 1.24. The number of rotatable bonds is 9. The molecule has 0 fully saturated rings. The lowest BCUT2D eigenvalue weighted by Gasteiger charge is -2.28. The number of hydrazine groups is 1. The molecule has 3 aromatic rings. The highest BCUT2D eigenvalue weighted by Crippen LogP contribution is 2.39. The zero-order valence-corrected chi connectivity index (χ0v) is 25.4. The van der Waals surface area contributed by atoms with Gasteiger partial charge in [0.25, 0.3) is 0 Å². The van der Waals surface area contributed by atoms with E-state index >= 15 is 0 Å². The lowest BCUT2D eigenvalue weighted by atomic mass is 9.86. The minimum atomic E-state index is -5.13. The molecule has 0 aliphatic heterocycles. The fourth-order valence-corrected chi connectivity index (χ4v) is 5.02. The molecule has 252 valence electrons. The van der Waals surface area contributed by atoms with Crippen molar-refractivity contribution >= 4 is 5.96 Å². The quantitative estimate of drug-likeness (QED) is 0.0716. The van der Waals surface area contributed by atoms with Crippen LogP contribution in [0.25, 0.3) is 11.1 Å². The van der Waals surface area contributed by atoms with E-state index in [4.69, 9.17) is 11.6 Å². The van der Waals surface area contributed by atoms with Crippen LogP contribution in [0.5, 0.6) is 0 Å². The number of benzene rings is 3. The minimum Gasteiger partial charge on any atom is -0.385 e. The third-order valence-corrected chi connectivity index (χ3v) is 7.29. The molecule has 0 aliphatic rings. The SMILES string of the molecule is CCCC(C)(O)c1ccc(C)c(-c2ccc(C(F)(F)F)cc2CN(Cc2cc(C(F)(F)F)cc(C(F)(F)F)c2)/C(N)=N/N(C)N)c1. The molecule has 0 saturated heterocycles. The first-order chi connectivity index (χ1) is 21.0. The van der Waals surface area contributed by atoms with Crippen molar-refractivity contribution in [1.82, 2.24) is 10.0 Å². The second-order valence-electron chi connectivity index (χ2n) is 11.2. The van der Waals surface area contributed by atoms with Gasteiger partial charge in [0.15, 0.2) is 0 Å². The van der Waals surface area contributed by atoms with E-state index in [1.807, 2.05) is 6.92 Å². The second-order valence-corrected chi connectivity index (χ2v) is 11.2. The molecule has 5 N–H and O–H groups in total. The Morgan fingerprint density at radius 3 is 1.80 bits per heavy atom. The van der Waals surface area contributed by atoms with Gasteiger partial charge in [0.2, 0.25) is 5.96 Å². The lowest BCUT2D eigenvalue weighted by molar-refractivity contribution is -0.143. The van der Waals surface area contributed by atoms with Crippen molar-refractivity contribution in [1.29, 1.82) is 0 Å². The average molecular weight is 664 g/mol. The van der Waals surface area contributed by atoms with Crippen molar-refractivity contribution in [3.63, 3.8) is 0 Å². The Morgan fingerprint density at radius 1 is 0.761 bits per heavy atom. The van der Waals surface area contributed by atoms with Gasteiger partial charge in [-0.05, 0) is 90.0 Å². The van der Waals surface area contributed by atoms with Crippen LogP contribution in [-0.2, 0) is 37.2 Å². The highest BCUT2D eigenvalue weighted by Gasteiger charge is 2.37. The lowest BCUT2D eigenvalue weighted by Crippen LogP contribution is -2.39. The van der Waals surface area contributed by atoms with Crippen LogP contribution in [0.3, 0.4) is 0 Å². The number of halogens is 9. The van der Waals surface area contributed by atoms with E-state index < -0.39 is 65.4 Å². The van der Waals surface area contributed by atoms with Crippen molar-refractivity contribution in [2.24, 2.45) is 16.7 Å². The molecule has 0 aromatic heterocycles. The minimum absolute atomic E-state index is 0.0222. The number of aryl methyl sites for hydroxylation is 1. The van der Waals surface area contributed by atoms with Gasteiger partial charge in [0.05, 0.1) is 22.3 Å². The largest absolute Gasteiger partial charge is 0.416 e. The second kappa shape index (κ2) is 13.4. The van der Waals surface area contributed by atoms with E-state index in [9.17, 15) is 44.6 Å². The van der Waals surface area contributed by atoms with E-state index in [0.717, 1.165) is 22.2 Å². The van der Waals surface area contributed by atoms with E-state index in [0.29, 0.717) is 41.7 Å². The van der Waals surface area contributed by atoms with E-state index in [2.05, 4.69) is 5.10 Å². The number of nitrogens with zero attached hydrogens (tertiary/aromatic N) is 3. The van der Waals surface area contributed by atoms with E-state index in [1.165, 1.54) is 13.1 Å². The summed E-state index contributed by atoms with van der Waals surface area (Å²) < 4.78 is 123. The van der Waals surface area contributed by atoms with Crippen LogP contribution in [0, 0.1) is 6.92 Å². The molecular weight excluding hydrogens is 629 g/mol. The fourth-order valence-electron chi connectivity index (χ4n) is 5.02. The van der Waals surface area contributed by atoms with Crippen molar-refractivity contribution in [3.05, 3.63) is 93.5 Å². The standard InChI is InChI=1S/C31H34F9N5O/c1-5-10-28(3,46)21-7-6-18(2)26(15-21)25-9-8-22(29(32,33)34)13-20(25)17-45(27(41)43-44(4)42)16-19-11-23(30(35,36)37)14-24(12-19)31(38,39)40/h6-9,11-15,46H,5,10,16-17,42H2,1-4H3,(H2,41,43). The number of alkyl halides is 9. The number of hydrazone groups is 1. The summed E-state index contributed by atoms with van der Waals surface area (Å²) in [6.07, 6.45) is -14.0. The number of aliphatic hydroxyl groups is 1. The summed E-state index contributed by atoms with van der Waals surface area (Å²) in [4.78, 5) is 1.02. The molecule has 3 rings (SSSR count). The van der Waals surface area contributed by atoms with Gasteiger partial charge in [-0.1, -0.05) is 31.5 Å². The summed E-state index contributed by atoms with van der Waals surface area (Å²) in [6, 6.07) is 8.87. The van der Waals surface area contributed by atoms with Crippen LogP contribution in [0.4, 0.5) is 39.5 Å². The first kappa shape index (κ1) is 36.5.